The van der Waals surface area contributed by atoms with Crippen LogP contribution in [0, 0.1) is 6.92 Å². The van der Waals surface area contributed by atoms with E-state index < -0.39 is 0 Å². The second-order valence-corrected chi connectivity index (χ2v) is 7.42. The Kier molecular flexibility index (Phi) is 4.48. The van der Waals surface area contributed by atoms with Gasteiger partial charge in [-0.2, -0.15) is 0 Å². The number of imidazole rings is 1. The van der Waals surface area contributed by atoms with Gasteiger partial charge in [0, 0.05) is 30.0 Å². The van der Waals surface area contributed by atoms with Crippen LogP contribution in [0.3, 0.4) is 0 Å². The Labute approximate surface area is 153 Å². The van der Waals surface area contributed by atoms with Gasteiger partial charge in [0.1, 0.15) is 5.82 Å². The minimum Gasteiger partial charge on any atom is -0.318 e. The van der Waals surface area contributed by atoms with E-state index in [1.807, 2.05) is 31.3 Å². The number of aromatic nitrogens is 3. The number of hydrogen-bond donors (Lipinski definition) is 0. The topological polar surface area (TPSA) is 34.0 Å². The summed E-state index contributed by atoms with van der Waals surface area (Å²) in [5.74, 6) is 0.994. The Bertz CT molecular complexity index is 902. The van der Waals surface area contributed by atoms with Crippen LogP contribution in [0.2, 0.25) is 5.02 Å². The van der Waals surface area contributed by atoms with Crippen molar-refractivity contribution in [3.8, 4) is 11.4 Å². The summed E-state index contributed by atoms with van der Waals surface area (Å²) >= 11 is 6.60. The lowest BCUT2D eigenvalue weighted by atomic mass is 10.1. The number of nitrogens with zero attached hydrogens (tertiary/aromatic N) is 4. The quantitative estimate of drug-likeness (QED) is 0.668. The molecule has 4 nitrogen and oxygen atoms in total. The molecule has 3 heterocycles. The number of aryl methyl sites for hydroxylation is 1. The molecular formula is C20H23ClN4. The van der Waals surface area contributed by atoms with Crippen molar-refractivity contribution in [2.45, 2.75) is 32.2 Å². The van der Waals surface area contributed by atoms with Crippen molar-refractivity contribution >= 4 is 22.6 Å². The van der Waals surface area contributed by atoms with E-state index in [9.17, 15) is 0 Å². The first-order chi connectivity index (χ1) is 12.1. The van der Waals surface area contributed by atoms with Gasteiger partial charge < -0.3 is 9.47 Å². The van der Waals surface area contributed by atoms with E-state index in [1.165, 1.54) is 12.8 Å². The fourth-order valence-corrected chi connectivity index (χ4v) is 4.13. The van der Waals surface area contributed by atoms with Crippen LogP contribution in [-0.2, 0) is 0 Å². The van der Waals surface area contributed by atoms with E-state index in [-0.39, 0.29) is 0 Å². The van der Waals surface area contributed by atoms with E-state index >= 15 is 0 Å². The number of likely N-dealkylation sites (N-methyl/N-ethyl adjacent to an activating group) is 1. The van der Waals surface area contributed by atoms with Crippen molar-refractivity contribution in [1.29, 1.82) is 0 Å². The maximum Gasteiger partial charge on any atom is 0.141 e. The third kappa shape index (κ3) is 3.16. The number of likely N-dealkylation sites (tertiary alicyclic amines) is 1. The summed E-state index contributed by atoms with van der Waals surface area (Å²) in [7, 11) is 2.20. The summed E-state index contributed by atoms with van der Waals surface area (Å²) < 4.78 is 2.37. The molecule has 0 aliphatic carbocycles. The standard InChI is InChI=1S/C20H23ClN4/c1-14-12-15(9-10-22-14)20-23-18-8-5-7-17(21)19(18)25(20)16-6-3-4-11-24(2)13-16/h5,7-10,12,16H,3-4,6,11,13H2,1-2H3. The minimum absolute atomic E-state index is 0.376. The van der Waals surface area contributed by atoms with Gasteiger partial charge in [0.05, 0.1) is 16.1 Å². The van der Waals surface area contributed by atoms with Crippen molar-refractivity contribution in [1.82, 2.24) is 19.4 Å². The molecule has 25 heavy (non-hydrogen) atoms. The van der Waals surface area contributed by atoms with Gasteiger partial charge >= 0.3 is 0 Å². The molecule has 0 bridgehead atoms. The summed E-state index contributed by atoms with van der Waals surface area (Å²) in [6, 6.07) is 10.5. The van der Waals surface area contributed by atoms with Crippen LogP contribution in [-0.4, -0.2) is 39.6 Å². The Hall–Kier alpha value is -1.91. The van der Waals surface area contributed by atoms with Crippen LogP contribution in [0.5, 0.6) is 0 Å². The van der Waals surface area contributed by atoms with Crippen LogP contribution in [0.4, 0.5) is 0 Å². The zero-order valence-electron chi connectivity index (χ0n) is 14.7. The highest BCUT2D eigenvalue weighted by molar-refractivity contribution is 6.35. The number of para-hydroxylation sites is 1. The summed E-state index contributed by atoms with van der Waals surface area (Å²) in [5.41, 5.74) is 4.12. The molecule has 1 aliphatic heterocycles. The number of benzene rings is 1. The molecule has 1 aliphatic rings. The third-order valence-electron chi connectivity index (χ3n) is 5.03. The molecular weight excluding hydrogens is 332 g/mol. The van der Waals surface area contributed by atoms with Crippen molar-refractivity contribution in [2.75, 3.05) is 20.1 Å². The van der Waals surface area contributed by atoms with E-state index in [1.54, 1.807) is 0 Å². The summed E-state index contributed by atoms with van der Waals surface area (Å²) in [6.45, 7) is 4.19. The van der Waals surface area contributed by atoms with Crippen LogP contribution in [0.25, 0.3) is 22.4 Å². The molecule has 1 saturated heterocycles. The second kappa shape index (κ2) is 6.77. The average molecular weight is 355 g/mol. The molecule has 0 spiro atoms. The fourth-order valence-electron chi connectivity index (χ4n) is 3.87. The van der Waals surface area contributed by atoms with E-state index in [4.69, 9.17) is 16.6 Å². The Balaban J connectivity index is 1.94. The van der Waals surface area contributed by atoms with Gasteiger partial charge in [0.15, 0.2) is 0 Å². The van der Waals surface area contributed by atoms with Crippen LogP contribution in [0.15, 0.2) is 36.5 Å². The molecule has 0 saturated carbocycles. The Morgan fingerprint density at radius 2 is 2.08 bits per heavy atom. The molecule has 3 aromatic rings. The fraction of sp³-hybridized carbons (Fsp3) is 0.400. The van der Waals surface area contributed by atoms with Gasteiger partial charge in [-0.3, -0.25) is 4.98 Å². The molecule has 130 valence electrons. The van der Waals surface area contributed by atoms with Gasteiger partial charge in [-0.05, 0) is 57.6 Å². The lowest BCUT2D eigenvalue weighted by molar-refractivity contribution is 0.302. The average Bonchev–Trinajstić information content (AvgIpc) is 2.86. The van der Waals surface area contributed by atoms with Gasteiger partial charge in [-0.1, -0.05) is 24.1 Å². The molecule has 2 aromatic heterocycles. The normalized spacial score (nSPS) is 19.2. The summed E-state index contributed by atoms with van der Waals surface area (Å²) in [6.07, 6.45) is 5.48. The van der Waals surface area contributed by atoms with Crippen LogP contribution < -0.4 is 0 Å². The molecule has 4 rings (SSSR count). The monoisotopic (exact) mass is 354 g/mol. The van der Waals surface area contributed by atoms with Crippen molar-refractivity contribution < 1.29 is 0 Å². The first-order valence-corrected chi connectivity index (χ1v) is 9.29. The van der Waals surface area contributed by atoms with Crippen molar-refractivity contribution in [3.05, 3.63) is 47.2 Å². The first-order valence-electron chi connectivity index (χ1n) is 8.91. The van der Waals surface area contributed by atoms with E-state index in [2.05, 4.69) is 33.6 Å². The van der Waals surface area contributed by atoms with Gasteiger partial charge in [0.2, 0.25) is 0 Å². The maximum atomic E-state index is 6.60. The SMILES string of the molecule is Cc1cc(-c2nc3cccc(Cl)c3n2C2CCCCN(C)C2)ccn1. The minimum atomic E-state index is 0.376. The van der Waals surface area contributed by atoms with Crippen molar-refractivity contribution in [2.24, 2.45) is 0 Å². The molecule has 0 N–H and O–H groups in total. The van der Waals surface area contributed by atoms with E-state index in [0.717, 1.165) is 52.6 Å². The highest BCUT2D eigenvalue weighted by atomic mass is 35.5. The highest BCUT2D eigenvalue weighted by Crippen LogP contribution is 2.35. The molecule has 1 fully saturated rings. The first kappa shape index (κ1) is 16.6. The van der Waals surface area contributed by atoms with Crippen LogP contribution in [0.1, 0.15) is 31.0 Å². The second-order valence-electron chi connectivity index (χ2n) is 7.01. The lowest BCUT2D eigenvalue weighted by Gasteiger charge is -2.24. The number of fused-ring (bicyclic) bond motifs is 1. The predicted molar refractivity (Wildman–Crippen MR) is 103 cm³/mol. The Morgan fingerprint density at radius 3 is 2.92 bits per heavy atom. The van der Waals surface area contributed by atoms with Gasteiger partial charge in [-0.25, -0.2) is 4.98 Å². The van der Waals surface area contributed by atoms with Gasteiger partial charge in [0.25, 0.3) is 0 Å². The van der Waals surface area contributed by atoms with Gasteiger partial charge in [-0.15, -0.1) is 0 Å². The molecule has 1 aromatic carbocycles. The molecule has 5 heteroatoms. The van der Waals surface area contributed by atoms with Crippen molar-refractivity contribution in [3.63, 3.8) is 0 Å². The zero-order valence-corrected chi connectivity index (χ0v) is 15.5. The summed E-state index contributed by atoms with van der Waals surface area (Å²) in [4.78, 5) is 11.7. The predicted octanol–water partition coefficient (Wildman–Crippen LogP) is 4.72. The molecule has 1 unspecified atom stereocenters. The Morgan fingerprint density at radius 1 is 1.20 bits per heavy atom. The van der Waals surface area contributed by atoms with E-state index in [0.29, 0.717) is 6.04 Å². The number of hydrogen-bond acceptors (Lipinski definition) is 3. The zero-order chi connectivity index (χ0) is 17.4. The third-order valence-corrected chi connectivity index (χ3v) is 5.34. The lowest BCUT2D eigenvalue weighted by Crippen LogP contribution is -2.26. The van der Waals surface area contributed by atoms with Crippen LogP contribution >= 0.6 is 11.6 Å². The number of pyridine rings is 1. The smallest absolute Gasteiger partial charge is 0.141 e. The number of halogens is 1. The largest absolute Gasteiger partial charge is 0.318 e. The highest BCUT2D eigenvalue weighted by Gasteiger charge is 2.24. The maximum absolute atomic E-state index is 6.60. The molecule has 0 radical (unpaired) electrons. The molecule has 0 amide bonds. The number of rotatable bonds is 2. The summed E-state index contributed by atoms with van der Waals surface area (Å²) in [5, 5.41) is 0.772. The molecule has 1 atom stereocenters.